The van der Waals surface area contributed by atoms with Gasteiger partial charge in [0.15, 0.2) is 0 Å². The minimum absolute atomic E-state index is 0.0319. The van der Waals surface area contributed by atoms with E-state index < -0.39 is 54.5 Å². The lowest BCUT2D eigenvalue weighted by Gasteiger charge is -2.24. The van der Waals surface area contributed by atoms with Crippen LogP contribution >= 0.6 is 0 Å². The Balaban J connectivity index is 1.76. The van der Waals surface area contributed by atoms with Crippen LogP contribution in [0.15, 0.2) is 54.7 Å². The molecule has 0 aliphatic carbocycles. The van der Waals surface area contributed by atoms with Crippen LogP contribution in [0.5, 0.6) is 5.75 Å². The molecule has 3 amide bonds. The molecule has 0 aliphatic heterocycles. The fraction of sp³-hybridized carbons (Fsp3) is 0.379. The highest BCUT2D eigenvalue weighted by molar-refractivity contribution is 5.95. The third kappa shape index (κ3) is 9.03. The second-order valence-corrected chi connectivity index (χ2v) is 10.0. The van der Waals surface area contributed by atoms with Crippen molar-refractivity contribution in [1.82, 2.24) is 20.9 Å². The van der Waals surface area contributed by atoms with Gasteiger partial charge in [-0.15, -0.1) is 0 Å². The van der Waals surface area contributed by atoms with Crippen molar-refractivity contribution in [3.05, 3.63) is 65.9 Å². The first-order valence-electron chi connectivity index (χ1n) is 13.7. The molecule has 0 bridgehead atoms. The molecular weight excluding hydrogens is 544 g/mol. The van der Waals surface area contributed by atoms with Gasteiger partial charge in [-0.05, 0) is 61.6 Å². The number of carbonyl (C=O) groups is 4. The number of unbranched alkanes of at least 4 members (excludes halogenated alkanes) is 1. The topological polar surface area (TPSA) is 233 Å². The van der Waals surface area contributed by atoms with Crippen LogP contribution in [0.4, 0.5) is 0 Å². The van der Waals surface area contributed by atoms with E-state index >= 15 is 0 Å². The highest BCUT2D eigenvalue weighted by atomic mass is 16.4. The SMILES string of the molecule is NCCCCC(NC(=O)C(CO)NC(=O)C(Cc1c[nH]c2ccccc12)NC(=O)C(N)Cc1ccc(O)cc1)C(=O)O. The second kappa shape index (κ2) is 15.5. The molecule has 1 heterocycles. The number of aliphatic hydroxyl groups excluding tert-OH is 1. The molecule has 13 nitrogen and oxygen atoms in total. The van der Waals surface area contributed by atoms with E-state index in [1.807, 2.05) is 24.3 Å². The molecule has 0 spiro atoms. The molecule has 0 fully saturated rings. The number of amides is 3. The Bertz CT molecular complexity index is 1360. The van der Waals surface area contributed by atoms with Crippen LogP contribution in [0.1, 0.15) is 30.4 Å². The van der Waals surface area contributed by atoms with E-state index in [0.717, 1.165) is 10.9 Å². The largest absolute Gasteiger partial charge is 0.508 e. The smallest absolute Gasteiger partial charge is 0.326 e. The Morgan fingerprint density at radius 1 is 0.833 bits per heavy atom. The van der Waals surface area contributed by atoms with Crippen molar-refractivity contribution in [2.45, 2.75) is 56.3 Å². The van der Waals surface area contributed by atoms with Crippen molar-refractivity contribution in [3.63, 3.8) is 0 Å². The molecule has 4 unspecified atom stereocenters. The van der Waals surface area contributed by atoms with E-state index in [0.29, 0.717) is 30.5 Å². The number of para-hydroxylation sites is 1. The van der Waals surface area contributed by atoms with Gasteiger partial charge < -0.3 is 47.7 Å². The molecule has 11 N–H and O–H groups in total. The van der Waals surface area contributed by atoms with Crippen LogP contribution in [0, 0.1) is 0 Å². The van der Waals surface area contributed by atoms with Gasteiger partial charge in [0.05, 0.1) is 12.6 Å². The quantitative estimate of drug-likeness (QED) is 0.100. The number of aliphatic hydroxyl groups is 1. The number of rotatable bonds is 16. The van der Waals surface area contributed by atoms with Crippen LogP contribution in [0.2, 0.25) is 0 Å². The Morgan fingerprint density at radius 2 is 1.48 bits per heavy atom. The van der Waals surface area contributed by atoms with Gasteiger partial charge in [0.1, 0.15) is 23.9 Å². The van der Waals surface area contributed by atoms with Crippen molar-refractivity contribution in [3.8, 4) is 5.75 Å². The summed E-state index contributed by atoms with van der Waals surface area (Å²) in [6, 6.07) is 8.68. The molecule has 226 valence electrons. The first-order valence-corrected chi connectivity index (χ1v) is 13.7. The average Bonchev–Trinajstić information content (AvgIpc) is 3.38. The minimum atomic E-state index is -1.47. The lowest BCUT2D eigenvalue weighted by Crippen LogP contribution is -2.58. The lowest BCUT2D eigenvalue weighted by atomic mass is 10.0. The number of hydrogen-bond donors (Lipinski definition) is 9. The number of aromatic nitrogens is 1. The van der Waals surface area contributed by atoms with Gasteiger partial charge in [0.25, 0.3) is 0 Å². The number of aliphatic carboxylic acids is 1. The number of aromatic amines is 1. The number of benzene rings is 2. The average molecular weight is 583 g/mol. The van der Waals surface area contributed by atoms with Gasteiger partial charge in [-0.3, -0.25) is 14.4 Å². The van der Waals surface area contributed by atoms with E-state index in [1.165, 1.54) is 12.1 Å². The van der Waals surface area contributed by atoms with Crippen LogP contribution < -0.4 is 27.4 Å². The number of carboxylic acid groups (broad SMARTS) is 1. The van der Waals surface area contributed by atoms with Gasteiger partial charge in [-0.1, -0.05) is 30.3 Å². The minimum Gasteiger partial charge on any atom is -0.508 e. The maximum absolute atomic E-state index is 13.4. The van der Waals surface area contributed by atoms with Gasteiger partial charge >= 0.3 is 5.97 Å². The molecule has 42 heavy (non-hydrogen) atoms. The Kier molecular flexibility index (Phi) is 11.8. The summed E-state index contributed by atoms with van der Waals surface area (Å²) < 4.78 is 0. The van der Waals surface area contributed by atoms with E-state index in [2.05, 4.69) is 20.9 Å². The Hall–Kier alpha value is -4.46. The lowest BCUT2D eigenvalue weighted by molar-refractivity contribution is -0.142. The van der Waals surface area contributed by atoms with Crippen LogP contribution in [0.3, 0.4) is 0 Å². The molecule has 4 atom stereocenters. The van der Waals surface area contributed by atoms with E-state index in [9.17, 15) is 34.5 Å². The Labute approximate surface area is 242 Å². The summed E-state index contributed by atoms with van der Waals surface area (Å²) in [5.41, 5.74) is 13.8. The molecule has 3 rings (SSSR count). The predicted octanol–water partition coefficient (Wildman–Crippen LogP) is -0.354. The van der Waals surface area contributed by atoms with E-state index in [1.54, 1.807) is 18.3 Å². The van der Waals surface area contributed by atoms with Gasteiger partial charge in [-0.2, -0.15) is 0 Å². The van der Waals surface area contributed by atoms with E-state index in [4.69, 9.17) is 11.5 Å². The fourth-order valence-corrected chi connectivity index (χ4v) is 4.48. The number of fused-ring (bicyclic) bond motifs is 1. The summed E-state index contributed by atoms with van der Waals surface area (Å²) in [5.74, 6) is -3.46. The standard InChI is InChI=1S/C29H38N6O7/c30-12-4-3-7-23(29(41)42)33-28(40)25(16-36)35-27(39)24(14-18-15-32-22-6-2-1-5-20(18)22)34-26(38)21(31)13-17-8-10-19(37)11-9-17/h1-2,5-6,8-11,15,21,23-25,32,36-37H,3-4,7,12-14,16,30-31H2,(H,33,40)(H,34,38)(H,35,39)(H,41,42). The van der Waals surface area contributed by atoms with Gasteiger partial charge in [-0.25, -0.2) is 4.79 Å². The number of carbonyl (C=O) groups excluding carboxylic acids is 3. The highest BCUT2D eigenvalue weighted by Gasteiger charge is 2.30. The molecule has 0 aliphatic rings. The molecule has 1 aromatic heterocycles. The summed E-state index contributed by atoms with van der Waals surface area (Å²) in [6.45, 7) is -0.432. The summed E-state index contributed by atoms with van der Waals surface area (Å²) in [5, 5.41) is 37.1. The number of phenolic OH excluding ortho intramolecular Hbond substituents is 1. The third-order valence-electron chi connectivity index (χ3n) is 6.84. The summed E-state index contributed by atoms with van der Waals surface area (Å²) >= 11 is 0. The zero-order valence-electron chi connectivity index (χ0n) is 23.1. The summed E-state index contributed by atoms with van der Waals surface area (Å²) in [7, 11) is 0. The maximum Gasteiger partial charge on any atom is 0.326 e. The molecule has 13 heteroatoms. The molecule has 0 saturated carbocycles. The number of nitrogens with one attached hydrogen (secondary N) is 4. The number of carboxylic acids is 1. The number of H-pyrrole nitrogens is 1. The van der Waals surface area contributed by atoms with Crippen molar-refractivity contribution in [2.75, 3.05) is 13.2 Å². The molecular formula is C29H38N6O7. The fourth-order valence-electron chi connectivity index (χ4n) is 4.48. The molecule has 2 aromatic carbocycles. The van der Waals surface area contributed by atoms with Crippen LogP contribution in [-0.2, 0) is 32.0 Å². The van der Waals surface area contributed by atoms with Crippen molar-refractivity contribution in [2.24, 2.45) is 11.5 Å². The number of hydrogen-bond acceptors (Lipinski definition) is 8. The second-order valence-electron chi connectivity index (χ2n) is 10.0. The molecule has 0 radical (unpaired) electrons. The van der Waals surface area contributed by atoms with Gasteiger partial charge in [0, 0.05) is 23.5 Å². The summed E-state index contributed by atoms with van der Waals surface area (Å²) in [4.78, 5) is 54.1. The van der Waals surface area contributed by atoms with Gasteiger partial charge in [0.2, 0.25) is 17.7 Å². The first-order chi connectivity index (χ1) is 20.1. The van der Waals surface area contributed by atoms with Crippen LogP contribution in [-0.4, -0.2) is 81.3 Å². The first kappa shape index (κ1) is 32.1. The maximum atomic E-state index is 13.4. The Morgan fingerprint density at radius 3 is 2.14 bits per heavy atom. The predicted molar refractivity (Wildman–Crippen MR) is 155 cm³/mol. The van der Waals surface area contributed by atoms with Crippen molar-refractivity contribution in [1.29, 1.82) is 0 Å². The number of nitrogens with two attached hydrogens (primary N) is 2. The molecule has 0 saturated heterocycles. The number of aromatic hydroxyl groups is 1. The monoisotopic (exact) mass is 582 g/mol. The zero-order chi connectivity index (χ0) is 30.6. The highest BCUT2D eigenvalue weighted by Crippen LogP contribution is 2.19. The third-order valence-corrected chi connectivity index (χ3v) is 6.84. The zero-order valence-corrected chi connectivity index (χ0v) is 23.1. The summed E-state index contributed by atoms with van der Waals surface area (Å²) in [6.07, 6.45) is 3.04. The van der Waals surface area contributed by atoms with E-state index in [-0.39, 0.29) is 25.0 Å². The van der Waals surface area contributed by atoms with Crippen molar-refractivity contribution >= 4 is 34.6 Å². The molecule has 3 aromatic rings. The van der Waals surface area contributed by atoms with Crippen LogP contribution in [0.25, 0.3) is 10.9 Å². The normalized spacial score (nSPS) is 14.0. The van der Waals surface area contributed by atoms with Crippen molar-refractivity contribution < 1.29 is 34.5 Å². The number of phenols is 1.